The lowest BCUT2D eigenvalue weighted by atomic mass is 10.1. The van der Waals surface area contributed by atoms with Crippen molar-refractivity contribution in [3.63, 3.8) is 0 Å². The predicted octanol–water partition coefficient (Wildman–Crippen LogP) is 4.10. The first-order valence-electron chi connectivity index (χ1n) is 10.4. The van der Waals surface area contributed by atoms with E-state index in [9.17, 15) is 22.8 Å². The molecule has 3 aromatic rings. The summed E-state index contributed by atoms with van der Waals surface area (Å²) in [6.45, 7) is 3.80. The van der Waals surface area contributed by atoms with Gasteiger partial charge in [-0.15, -0.1) is 5.10 Å². The third kappa shape index (κ3) is 5.82. The van der Waals surface area contributed by atoms with Crippen molar-refractivity contribution in [2.45, 2.75) is 51.9 Å². The summed E-state index contributed by atoms with van der Waals surface area (Å²) in [5.74, 6) is -0.0960. The zero-order valence-corrected chi connectivity index (χ0v) is 18.2. The van der Waals surface area contributed by atoms with Gasteiger partial charge in [-0.1, -0.05) is 19.1 Å². The molecule has 10 heteroatoms. The van der Waals surface area contributed by atoms with Gasteiger partial charge >= 0.3 is 17.8 Å². The minimum absolute atomic E-state index is 0.262. The van der Waals surface area contributed by atoms with E-state index in [4.69, 9.17) is 9.84 Å². The van der Waals surface area contributed by atoms with Crippen LogP contribution in [0.1, 0.15) is 37.2 Å². The highest BCUT2D eigenvalue weighted by Crippen LogP contribution is 2.29. The molecule has 1 atom stereocenters. The Morgan fingerprint density at radius 1 is 1.09 bits per heavy atom. The lowest BCUT2D eigenvalue weighted by molar-refractivity contribution is -0.144. The van der Waals surface area contributed by atoms with Gasteiger partial charge in [0.1, 0.15) is 11.6 Å². The van der Waals surface area contributed by atoms with Crippen LogP contribution in [0.5, 0.6) is 5.75 Å². The van der Waals surface area contributed by atoms with Crippen LogP contribution < -0.4 is 10.4 Å². The first kappa shape index (κ1) is 24.1. The second kappa shape index (κ2) is 9.93. The zero-order valence-electron chi connectivity index (χ0n) is 18.2. The van der Waals surface area contributed by atoms with Gasteiger partial charge in [-0.05, 0) is 61.7 Å². The van der Waals surface area contributed by atoms with Gasteiger partial charge in [0.05, 0.1) is 11.3 Å². The number of aromatic nitrogens is 3. The molecule has 0 fully saturated rings. The maximum Gasteiger partial charge on any atom is 0.416 e. The summed E-state index contributed by atoms with van der Waals surface area (Å²) in [6, 6.07) is 11.3. The number of carboxylic acid groups (broad SMARTS) is 1. The van der Waals surface area contributed by atoms with Crippen LogP contribution in [0.2, 0.25) is 0 Å². The molecular weight excluding hydrogens is 439 g/mol. The Morgan fingerprint density at radius 2 is 1.73 bits per heavy atom. The SMILES string of the molecule is CCCn1c(CCc2ccc(OC(C)C(=O)O)cc2)nn(-c2ccc(C(F)(F)F)cc2)c1=O. The monoisotopic (exact) mass is 463 g/mol. The quantitative estimate of drug-likeness (QED) is 0.516. The maximum absolute atomic E-state index is 12.9. The summed E-state index contributed by atoms with van der Waals surface area (Å²) in [6.07, 6.45) is -3.73. The van der Waals surface area contributed by atoms with Crippen molar-refractivity contribution in [1.29, 1.82) is 0 Å². The van der Waals surface area contributed by atoms with Gasteiger partial charge in [-0.25, -0.2) is 9.59 Å². The molecule has 0 aliphatic rings. The largest absolute Gasteiger partial charge is 0.479 e. The number of alkyl halides is 3. The number of ether oxygens (including phenoxy) is 1. The molecule has 0 aliphatic carbocycles. The number of hydrogen-bond donors (Lipinski definition) is 1. The van der Waals surface area contributed by atoms with Crippen molar-refractivity contribution in [3.8, 4) is 11.4 Å². The first-order chi connectivity index (χ1) is 15.6. The molecule has 7 nitrogen and oxygen atoms in total. The molecule has 0 aliphatic heterocycles. The molecule has 0 spiro atoms. The van der Waals surface area contributed by atoms with Gasteiger partial charge in [0.2, 0.25) is 0 Å². The minimum Gasteiger partial charge on any atom is -0.479 e. The lowest BCUT2D eigenvalue weighted by Crippen LogP contribution is -2.24. The molecule has 3 rings (SSSR count). The second-order valence-corrected chi connectivity index (χ2v) is 7.55. The van der Waals surface area contributed by atoms with E-state index in [2.05, 4.69) is 5.10 Å². The van der Waals surface area contributed by atoms with Crippen molar-refractivity contribution in [2.75, 3.05) is 0 Å². The van der Waals surface area contributed by atoms with Crippen molar-refractivity contribution >= 4 is 5.97 Å². The number of nitrogens with zero attached hydrogens (tertiary/aromatic N) is 3. The predicted molar refractivity (Wildman–Crippen MR) is 115 cm³/mol. The maximum atomic E-state index is 12.9. The molecule has 2 aromatic carbocycles. The molecule has 0 amide bonds. The molecule has 1 heterocycles. The van der Waals surface area contributed by atoms with E-state index < -0.39 is 29.5 Å². The summed E-state index contributed by atoms with van der Waals surface area (Å²) in [5.41, 5.74) is -0.00114. The number of carboxylic acids is 1. The molecule has 1 N–H and O–H groups in total. The average molecular weight is 463 g/mol. The Kier molecular flexibility index (Phi) is 7.25. The summed E-state index contributed by atoms with van der Waals surface area (Å²) in [4.78, 5) is 23.7. The van der Waals surface area contributed by atoms with Crippen LogP contribution in [0, 0.1) is 0 Å². The zero-order chi connectivity index (χ0) is 24.2. The summed E-state index contributed by atoms with van der Waals surface area (Å²) < 4.78 is 46.5. The third-order valence-corrected chi connectivity index (χ3v) is 5.05. The van der Waals surface area contributed by atoms with Gasteiger partial charge in [-0.3, -0.25) is 4.57 Å². The van der Waals surface area contributed by atoms with Crippen LogP contribution in [-0.2, 0) is 30.4 Å². The number of carbonyl (C=O) groups is 1. The van der Waals surface area contributed by atoms with Gasteiger partial charge < -0.3 is 9.84 Å². The van der Waals surface area contributed by atoms with Crippen molar-refractivity contribution in [1.82, 2.24) is 14.3 Å². The van der Waals surface area contributed by atoms with Crippen LogP contribution in [-0.4, -0.2) is 31.5 Å². The highest BCUT2D eigenvalue weighted by atomic mass is 19.4. The van der Waals surface area contributed by atoms with E-state index in [1.54, 1.807) is 24.3 Å². The number of aliphatic carboxylic acids is 1. The second-order valence-electron chi connectivity index (χ2n) is 7.55. The topological polar surface area (TPSA) is 86.3 Å². The number of halogens is 3. The number of benzene rings is 2. The third-order valence-electron chi connectivity index (χ3n) is 5.05. The van der Waals surface area contributed by atoms with E-state index in [1.807, 2.05) is 6.92 Å². The molecule has 0 radical (unpaired) electrons. The first-order valence-corrected chi connectivity index (χ1v) is 10.4. The van der Waals surface area contributed by atoms with Crippen molar-refractivity contribution < 1.29 is 27.8 Å². The Morgan fingerprint density at radius 3 is 2.27 bits per heavy atom. The van der Waals surface area contributed by atoms with E-state index >= 15 is 0 Å². The summed E-state index contributed by atoms with van der Waals surface area (Å²) in [7, 11) is 0. The normalized spacial score (nSPS) is 12.5. The number of aryl methyl sites for hydroxylation is 2. The molecule has 1 aromatic heterocycles. The minimum atomic E-state index is -4.46. The highest BCUT2D eigenvalue weighted by Gasteiger charge is 2.30. The summed E-state index contributed by atoms with van der Waals surface area (Å²) >= 11 is 0. The molecular formula is C23H24F3N3O4. The van der Waals surface area contributed by atoms with Crippen LogP contribution in [0.25, 0.3) is 5.69 Å². The van der Waals surface area contributed by atoms with E-state index in [0.29, 0.717) is 37.4 Å². The molecule has 33 heavy (non-hydrogen) atoms. The molecule has 0 bridgehead atoms. The van der Waals surface area contributed by atoms with E-state index in [0.717, 1.165) is 22.4 Å². The van der Waals surface area contributed by atoms with Crippen LogP contribution in [0.3, 0.4) is 0 Å². The fourth-order valence-electron chi connectivity index (χ4n) is 3.28. The molecule has 176 valence electrons. The van der Waals surface area contributed by atoms with Crippen LogP contribution in [0.15, 0.2) is 53.3 Å². The van der Waals surface area contributed by atoms with Crippen LogP contribution in [0.4, 0.5) is 13.2 Å². The fraction of sp³-hybridized carbons (Fsp3) is 0.348. The Balaban J connectivity index is 1.78. The smallest absolute Gasteiger partial charge is 0.416 e. The average Bonchev–Trinajstić information content (AvgIpc) is 3.08. The van der Waals surface area contributed by atoms with Gasteiger partial charge in [-0.2, -0.15) is 17.9 Å². The highest BCUT2D eigenvalue weighted by molar-refractivity contribution is 5.72. The number of rotatable bonds is 9. The number of hydrogen-bond acceptors (Lipinski definition) is 4. The molecule has 0 saturated heterocycles. The van der Waals surface area contributed by atoms with Gasteiger partial charge in [0, 0.05) is 13.0 Å². The van der Waals surface area contributed by atoms with Gasteiger partial charge in [0.25, 0.3) is 0 Å². The Hall–Kier alpha value is -3.56. The Bertz CT molecular complexity index is 1150. The Labute approximate surface area is 188 Å². The fourth-order valence-corrected chi connectivity index (χ4v) is 3.28. The van der Waals surface area contributed by atoms with Crippen molar-refractivity contribution in [3.05, 3.63) is 76.0 Å². The lowest BCUT2D eigenvalue weighted by Gasteiger charge is -2.10. The standard InChI is InChI=1S/C23H24F3N3O4/c1-3-14-28-20(13-6-16-4-11-19(12-5-16)33-15(2)21(30)31)27-29(22(28)32)18-9-7-17(8-10-18)23(24,25)26/h4-5,7-12,15H,3,6,13-14H2,1-2H3,(H,30,31). The van der Waals surface area contributed by atoms with Crippen molar-refractivity contribution in [2.24, 2.45) is 0 Å². The van der Waals surface area contributed by atoms with E-state index in [-0.39, 0.29) is 5.69 Å². The molecule has 1 unspecified atom stereocenters. The van der Waals surface area contributed by atoms with E-state index in [1.165, 1.54) is 23.6 Å². The van der Waals surface area contributed by atoms with Crippen LogP contribution >= 0.6 is 0 Å². The summed E-state index contributed by atoms with van der Waals surface area (Å²) in [5, 5.41) is 13.3. The molecule has 0 saturated carbocycles. The van der Waals surface area contributed by atoms with Gasteiger partial charge in [0.15, 0.2) is 6.10 Å².